The maximum atomic E-state index is 5.21. The third kappa shape index (κ3) is 3.42. The van der Waals surface area contributed by atoms with Crippen LogP contribution in [0.1, 0.15) is 43.9 Å². The number of hydrogen-bond acceptors (Lipinski definition) is 1. The Bertz CT molecular complexity index is 329. The summed E-state index contributed by atoms with van der Waals surface area (Å²) in [7, 11) is 0. The van der Waals surface area contributed by atoms with Gasteiger partial charge in [-0.15, -0.1) is 6.42 Å². The highest BCUT2D eigenvalue weighted by Gasteiger charge is 2.04. The van der Waals surface area contributed by atoms with Gasteiger partial charge in [-0.05, 0) is 24.0 Å². The van der Waals surface area contributed by atoms with Crippen LogP contribution in [-0.4, -0.2) is 6.54 Å². The van der Waals surface area contributed by atoms with E-state index in [2.05, 4.69) is 56.3 Å². The number of benzene rings is 1. The molecule has 0 heterocycles. The molecule has 0 saturated heterocycles. The fourth-order valence-corrected chi connectivity index (χ4v) is 1.50. The van der Waals surface area contributed by atoms with Crippen LogP contribution in [0.15, 0.2) is 24.3 Å². The van der Waals surface area contributed by atoms with Crippen molar-refractivity contribution in [3.63, 3.8) is 0 Å². The normalized spacial score (nSPS) is 12.5. The van der Waals surface area contributed by atoms with Gasteiger partial charge < -0.3 is 0 Å². The highest BCUT2D eigenvalue weighted by atomic mass is 14.9. The Morgan fingerprint density at radius 3 is 2.13 bits per heavy atom. The van der Waals surface area contributed by atoms with Crippen LogP contribution in [0.25, 0.3) is 0 Å². The molecule has 0 fully saturated rings. The largest absolute Gasteiger partial charge is 0.300 e. The van der Waals surface area contributed by atoms with E-state index < -0.39 is 0 Å². The van der Waals surface area contributed by atoms with Crippen molar-refractivity contribution in [2.45, 2.75) is 32.7 Å². The molecule has 80 valence electrons. The van der Waals surface area contributed by atoms with Gasteiger partial charge in [-0.2, -0.15) is 0 Å². The highest BCUT2D eigenvalue weighted by Crippen LogP contribution is 2.18. The SMILES string of the molecule is C#CCNC(C)c1ccc(C(C)C)cc1. The minimum Gasteiger partial charge on any atom is -0.300 e. The van der Waals surface area contributed by atoms with E-state index in [-0.39, 0.29) is 0 Å². The van der Waals surface area contributed by atoms with Gasteiger partial charge >= 0.3 is 0 Å². The van der Waals surface area contributed by atoms with Crippen molar-refractivity contribution >= 4 is 0 Å². The lowest BCUT2D eigenvalue weighted by Crippen LogP contribution is -2.18. The third-order valence-corrected chi connectivity index (χ3v) is 2.61. The van der Waals surface area contributed by atoms with E-state index in [1.54, 1.807) is 0 Å². The van der Waals surface area contributed by atoms with Crippen molar-refractivity contribution in [3.05, 3.63) is 35.4 Å². The van der Waals surface area contributed by atoms with Crippen LogP contribution >= 0.6 is 0 Å². The molecule has 0 aliphatic carbocycles. The summed E-state index contributed by atoms with van der Waals surface area (Å²) >= 11 is 0. The molecule has 0 aliphatic rings. The summed E-state index contributed by atoms with van der Waals surface area (Å²) in [5.74, 6) is 3.18. The van der Waals surface area contributed by atoms with Crippen LogP contribution in [0.4, 0.5) is 0 Å². The van der Waals surface area contributed by atoms with Crippen LogP contribution in [0, 0.1) is 12.3 Å². The van der Waals surface area contributed by atoms with Gasteiger partial charge in [0.1, 0.15) is 0 Å². The van der Waals surface area contributed by atoms with E-state index >= 15 is 0 Å². The molecule has 0 radical (unpaired) electrons. The molecule has 15 heavy (non-hydrogen) atoms. The van der Waals surface area contributed by atoms with Crippen molar-refractivity contribution in [3.8, 4) is 12.3 Å². The topological polar surface area (TPSA) is 12.0 Å². The fraction of sp³-hybridized carbons (Fsp3) is 0.429. The molecular formula is C14H19N. The van der Waals surface area contributed by atoms with Crippen molar-refractivity contribution in [1.29, 1.82) is 0 Å². The minimum atomic E-state index is 0.322. The molecule has 1 heteroatoms. The quantitative estimate of drug-likeness (QED) is 0.738. The summed E-state index contributed by atoms with van der Waals surface area (Å²) in [6.07, 6.45) is 5.21. The second-order valence-corrected chi connectivity index (χ2v) is 4.13. The second-order valence-electron chi connectivity index (χ2n) is 4.13. The smallest absolute Gasteiger partial charge is 0.0578 e. The molecule has 0 aliphatic heterocycles. The summed E-state index contributed by atoms with van der Waals surface area (Å²) in [5, 5.41) is 3.26. The number of nitrogens with one attached hydrogen (secondary N) is 1. The Hall–Kier alpha value is -1.26. The van der Waals surface area contributed by atoms with Gasteiger partial charge in [0.25, 0.3) is 0 Å². The summed E-state index contributed by atoms with van der Waals surface area (Å²) in [6.45, 7) is 7.15. The zero-order valence-electron chi connectivity index (χ0n) is 9.75. The first-order valence-corrected chi connectivity index (χ1v) is 5.42. The van der Waals surface area contributed by atoms with Crippen molar-refractivity contribution < 1.29 is 0 Å². The standard InChI is InChI=1S/C14H19N/c1-5-10-15-12(4)14-8-6-13(7-9-14)11(2)3/h1,6-9,11-12,15H,10H2,2-4H3. The molecule has 1 atom stereocenters. The predicted molar refractivity (Wildman–Crippen MR) is 65.8 cm³/mol. The first kappa shape index (κ1) is 11.8. The number of terminal acetylenes is 1. The first-order valence-electron chi connectivity index (χ1n) is 5.42. The summed E-state index contributed by atoms with van der Waals surface area (Å²) in [5.41, 5.74) is 2.66. The Labute approximate surface area is 92.9 Å². The predicted octanol–water partition coefficient (Wildman–Crippen LogP) is 3.09. The Kier molecular flexibility index (Phi) is 4.39. The monoisotopic (exact) mass is 201 g/mol. The average molecular weight is 201 g/mol. The molecule has 1 aromatic rings. The molecule has 0 amide bonds. The van der Waals surface area contributed by atoms with Gasteiger partial charge in [0.2, 0.25) is 0 Å². The van der Waals surface area contributed by atoms with Gasteiger partial charge in [-0.25, -0.2) is 0 Å². The van der Waals surface area contributed by atoms with E-state index in [0.29, 0.717) is 18.5 Å². The maximum absolute atomic E-state index is 5.21. The second kappa shape index (κ2) is 5.58. The van der Waals surface area contributed by atoms with Crippen LogP contribution in [0.2, 0.25) is 0 Å². The highest BCUT2D eigenvalue weighted by molar-refractivity contribution is 5.26. The van der Waals surface area contributed by atoms with E-state index in [1.807, 2.05) is 0 Å². The molecule has 1 rings (SSSR count). The lowest BCUT2D eigenvalue weighted by Gasteiger charge is -2.13. The number of rotatable bonds is 4. The average Bonchev–Trinajstić information content (AvgIpc) is 2.26. The van der Waals surface area contributed by atoms with Crippen LogP contribution in [-0.2, 0) is 0 Å². The molecular weight excluding hydrogens is 182 g/mol. The van der Waals surface area contributed by atoms with Gasteiger partial charge in [0.05, 0.1) is 6.54 Å². The Balaban J connectivity index is 2.67. The van der Waals surface area contributed by atoms with Gasteiger partial charge in [-0.3, -0.25) is 5.32 Å². The molecule has 0 bridgehead atoms. The van der Waals surface area contributed by atoms with E-state index in [9.17, 15) is 0 Å². The van der Waals surface area contributed by atoms with E-state index in [4.69, 9.17) is 6.42 Å². The summed E-state index contributed by atoms with van der Waals surface area (Å²) in [4.78, 5) is 0. The van der Waals surface area contributed by atoms with Crippen molar-refractivity contribution in [1.82, 2.24) is 5.32 Å². The maximum Gasteiger partial charge on any atom is 0.0578 e. The zero-order valence-corrected chi connectivity index (χ0v) is 9.75. The molecule has 1 unspecified atom stereocenters. The van der Waals surface area contributed by atoms with Gasteiger partial charge in [0.15, 0.2) is 0 Å². The summed E-state index contributed by atoms with van der Waals surface area (Å²) < 4.78 is 0. The molecule has 0 aromatic heterocycles. The molecule has 1 N–H and O–H groups in total. The van der Waals surface area contributed by atoms with Crippen molar-refractivity contribution in [2.75, 3.05) is 6.54 Å². The molecule has 1 aromatic carbocycles. The lowest BCUT2D eigenvalue weighted by atomic mass is 10.00. The minimum absolute atomic E-state index is 0.322. The fourth-order valence-electron chi connectivity index (χ4n) is 1.50. The Morgan fingerprint density at radius 2 is 1.67 bits per heavy atom. The van der Waals surface area contributed by atoms with Crippen molar-refractivity contribution in [2.24, 2.45) is 0 Å². The molecule has 0 saturated carbocycles. The zero-order chi connectivity index (χ0) is 11.3. The third-order valence-electron chi connectivity index (χ3n) is 2.61. The van der Waals surface area contributed by atoms with Gasteiger partial charge in [-0.1, -0.05) is 44.0 Å². The van der Waals surface area contributed by atoms with Crippen LogP contribution in [0.5, 0.6) is 0 Å². The Morgan fingerprint density at radius 1 is 1.13 bits per heavy atom. The van der Waals surface area contributed by atoms with E-state index in [1.165, 1.54) is 11.1 Å². The van der Waals surface area contributed by atoms with Crippen LogP contribution in [0.3, 0.4) is 0 Å². The number of hydrogen-bond donors (Lipinski definition) is 1. The lowest BCUT2D eigenvalue weighted by molar-refractivity contribution is 0.623. The molecule has 0 spiro atoms. The molecule has 1 nitrogen and oxygen atoms in total. The van der Waals surface area contributed by atoms with Crippen LogP contribution < -0.4 is 5.32 Å². The summed E-state index contributed by atoms with van der Waals surface area (Å²) in [6, 6.07) is 9.04. The van der Waals surface area contributed by atoms with Gasteiger partial charge in [0, 0.05) is 6.04 Å². The van der Waals surface area contributed by atoms with E-state index in [0.717, 1.165) is 0 Å². The first-order chi connectivity index (χ1) is 7.15.